The van der Waals surface area contributed by atoms with Gasteiger partial charge in [0.25, 0.3) is 0 Å². The number of hydrogen-bond acceptors (Lipinski definition) is 2. The van der Waals surface area contributed by atoms with Crippen LogP contribution in [0.1, 0.15) is 24.9 Å². The number of aromatic nitrogens is 2. The molecule has 4 heteroatoms. The van der Waals surface area contributed by atoms with E-state index in [4.69, 9.17) is 0 Å². The van der Waals surface area contributed by atoms with Crippen LogP contribution >= 0.6 is 0 Å². The third-order valence-corrected chi connectivity index (χ3v) is 3.82. The van der Waals surface area contributed by atoms with Gasteiger partial charge in [0.15, 0.2) is 0 Å². The number of para-hydroxylation sites is 1. The molecule has 1 atom stereocenters. The lowest BCUT2D eigenvalue weighted by atomic mass is 10.1. The number of pyridine rings is 1. The third kappa shape index (κ3) is 3.17. The van der Waals surface area contributed by atoms with E-state index in [2.05, 4.69) is 33.1 Å². The van der Waals surface area contributed by atoms with Crippen molar-refractivity contribution in [1.29, 1.82) is 0 Å². The quantitative estimate of drug-likeness (QED) is 0.784. The summed E-state index contributed by atoms with van der Waals surface area (Å²) in [4.78, 5) is 16.2. The number of rotatable bonds is 5. The Balaban J connectivity index is 1.58. The Morgan fingerprint density at radius 3 is 2.91 bits per heavy atom. The molecule has 1 amide bonds. The minimum atomic E-state index is -0.0254. The van der Waals surface area contributed by atoms with Gasteiger partial charge in [-0.3, -0.25) is 9.78 Å². The fraction of sp³-hybridized carbons (Fsp3) is 0.222. The average Bonchev–Trinajstić information content (AvgIpc) is 2.97. The Morgan fingerprint density at radius 2 is 2.09 bits per heavy atom. The Labute approximate surface area is 129 Å². The number of carbonyl (C=O) groups excluding carboxylic acids is 1. The number of fused-ring (bicyclic) bond motifs is 1. The summed E-state index contributed by atoms with van der Waals surface area (Å²) >= 11 is 0. The molecule has 0 aliphatic heterocycles. The maximum absolute atomic E-state index is 12.1. The summed E-state index contributed by atoms with van der Waals surface area (Å²) in [5.41, 5.74) is 2.18. The molecule has 3 aromatic rings. The summed E-state index contributed by atoms with van der Waals surface area (Å²) in [6.07, 6.45) is 6.01. The number of carbonyl (C=O) groups is 1. The highest BCUT2D eigenvalue weighted by Gasteiger charge is 2.10. The first-order valence-electron chi connectivity index (χ1n) is 7.47. The van der Waals surface area contributed by atoms with Crippen LogP contribution in [-0.2, 0) is 11.3 Å². The van der Waals surface area contributed by atoms with Crippen LogP contribution in [0.2, 0.25) is 0 Å². The molecule has 2 aromatic heterocycles. The van der Waals surface area contributed by atoms with Gasteiger partial charge in [-0.1, -0.05) is 24.3 Å². The summed E-state index contributed by atoms with van der Waals surface area (Å²) in [6, 6.07) is 14.1. The topological polar surface area (TPSA) is 46.9 Å². The predicted molar refractivity (Wildman–Crippen MR) is 87.3 cm³/mol. The zero-order valence-electron chi connectivity index (χ0n) is 12.6. The van der Waals surface area contributed by atoms with Crippen LogP contribution < -0.4 is 5.32 Å². The molecule has 2 heterocycles. The van der Waals surface area contributed by atoms with Crippen molar-refractivity contribution < 1.29 is 4.79 Å². The van der Waals surface area contributed by atoms with Gasteiger partial charge >= 0.3 is 0 Å². The van der Waals surface area contributed by atoms with E-state index in [0.29, 0.717) is 13.0 Å². The minimum absolute atomic E-state index is 0.0254. The molecule has 0 saturated heterocycles. The van der Waals surface area contributed by atoms with Crippen molar-refractivity contribution in [2.24, 2.45) is 0 Å². The number of nitrogens with one attached hydrogen (secondary N) is 1. The van der Waals surface area contributed by atoms with E-state index in [0.717, 1.165) is 11.1 Å². The molecule has 1 unspecified atom stereocenters. The molecule has 1 N–H and O–H groups in total. The predicted octanol–water partition coefficient (Wildman–Crippen LogP) is 3.30. The number of nitrogens with zero attached hydrogens (tertiary/aromatic N) is 2. The van der Waals surface area contributed by atoms with Crippen LogP contribution in [0.4, 0.5) is 0 Å². The lowest BCUT2D eigenvalue weighted by Crippen LogP contribution is -2.27. The molecule has 22 heavy (non-hydrogen) atoms. The Kier molecular flexibility index (Phi) is 4.19. The van der Waals surface area contributed by atoms with E-state index in [1.807, 2.05) is 37.4 Å². The molecule has 0 bridgehead atoms. The first kappa shape index (κ1) is 14.3. The molecular formula is C18H19N3O. The molecule has 0 aliphatic rings. The smallest absolute Gasteiger partial charge is 0.222 e. The minimum Gasteiger partial charge on any atom is -0.349 e. The monoisotopic (exact) mass is 293 g/mol. The molecular weight excluding hydrogens is 274 g/mol. The van der Waals surface area contributed by atoms with Gasteiger partial charge in [0.05, 0.1) is 6.04 Å². The van der Waals surface area contributed by atoms with E-state index in [9.17, 15) is 4.79 Å². The summed E-state index contributed by atoms with van der Waals surface area (Å²) in [5, 5.41) is 4.21. The van der Waals surface area contributed by atoms with Gasteiger partial charge in [-0.2, -0.15) is 0 Å². The first-order chi connectivity index (χ1) is 10.7. The van der Waals surface area contributed by atoms with E-state index in [-0.39, 0.29) is 11.9 Å². The number of amides is 1. The lowest BCUT2D eigenvalue weighted by molar-refractivity contribution is -0.121. The lowest BCUT2D eigenvalue weighted by Gasteiger charge is -2.14. The van der Waals surface area contributed by atoms with Crippen molar-refractivity contribution in [2.75, 3.05) is 0 Å². The van der Waals surface area contributed by atoms with Crippen LogP contribution in [0, 0.1) is 0 Å². The summed E-state index contributed by atoms with van der Waals surface area (Å²) in [7, 11) is 0. The first-order valence-corrected chi connectivity index (χ1v) is 7.47. The van der Waals surface area contributed by atoms with Crippen LogP contribution in [0.3, 0.4) is 0 Å². The van der Waals surface area contributed by atoms with Crippen molar-refractivity contribution >= 4 is 16.8 Å². The molecule has 1 aromatic carbocycles. The average molecular weight is 293 g/mol. The van der Waals surface area contributed by atoms with Gasteiger partial charge < -0.3 is 9.88 Å². The Bertz CT molecular complexity index is 764. The molecule has 4 nitrogen and oxygen atoms in total. The van der Waals surface area contributed by atoms with E-state index in [1.165, 1.54) is 5.39 Å². The standard InChI is InChI=1S/C18H19N3O/c1-14(16-6-4-10-19-13-16)20-18(22)9-12-21-11-8-15-5-2-3-7-17(15)21/h2-8,10-11,13-14H,9,12H2,1H3,(H,20,22). The van der Waals surface area contributed by atoms with Crippen LogP contribution in [-0.4, -0.2) is 15.5 Å². The van der Waals surface area contributed by atoms with Crippen molar-refractivity contribution in [1.82, 2.24) is 14.9 Å². The number of hydrogen-bond donors (Lipinski definition) is 1. The molecule has 0 fully saturated rings. The maximum atomic E-state index is 12.1. The second-order valence-corrected chi connectivity index (χ2v) is 5.39. The fourth-order valence-corrected chi connectivity index (χ4v) is 2.59. The zero-order chi connectivity index (χ0) is 15.4. The van der Waals surface area contributed by atoms with E-state index < -0.39 is 0 Å². The van der Waals surface area contributed by atoms with E-state index >= 15 is 0 Å². The summed E-state index contributed by atoms with van der Waals surface area (Å²) in [6.45, 7) is 2.65. The molecule has 3 rings (SSSR count). The normalized spacial score (nSPS) is 12.2. The highest BCUT2D eigenvalue weighted by Crippen LogP contribution is 2.15. The molecule has 0 spiro atoms. The molecule has 112 valence electrons. The summed E-state index contributed by atoms with van der Waals surface area (Å²) in [5.74, 6) is 0.0501. The van der Waals surface area contributed by atoms with Gasteiger partial charge in [-0.15, -0.1) is 0 Å². The summed E-state index contributed by atoms with van der Waals surface area (Å²) < 4.78 is 2.11. The fourth-order valence-electron chi connectivity index (χ4n) is 2.59. The number of benzene rings is 1. The van der Waals surface area contributed by atoms with Crippen LogP contribution in [0.15, 0.2) is 61.1 Å². The van der Waals surface area contributed by atoms with Gasteiger partial charge in [-0.05, 0) is 36.1 Å². The van der Waals surface area contributed by atoms with Gasteiger partial charge in [0, 0.05) is 37.1 Å². The van der Waals surface area contributed by atoms with Gasteiger partial charge in [0.1, 0.15) is 0 Å². The van der Waals surface area contributed by atoms with Gasteiger partial charge in [0.2, 0.25) is 5.91 Å². The van der Waals surface area contributed by atoms with Crippen molar-refractivity contribution in [3.63, 3.8) is 0 Å². The highest BCUT2D eigenvalue weighted by molar-refractivity contribution is 5.80. The molecule has 0 aliphatic carbocycles. The van der Waals surface area contributed by atoms with Crippen LogP contribution in [0.25, 0.3) is 10.9 Å². The van der Waals surface area contributed by atoms with Crippen LogP contribution in [0.5, 0.6) is 0 Å². The second kappa shape index (κ2) is 6.43. The molecule has 0 radical (unpaired) electrons. The van der Waals surface area contributed by atoms with Crippen molar-refractivity contribution in [2.45, 2.75) is 25.9 Å². The third-order valence-electron chi connectivity index (χ3n) is 3.82. The van der Waals surface area contributed by atoms with Crippen molar-refractivity contribution in [3.8, 4) is 0 Å². The Hall–Kier alpha value is -2.62. The largest absolute Gasteiger partial charge is 0.349 e. The maximum Gasteiger partial charge on any atom is 0.222 e. The Morgan fingerprint density at radius 1 is 1.23 bits per heavy atom. The van der Waals surface area contributed by atoms with E-state index in [1.54, 1.807) is 12.4 Å². The second-order valence-electron chi connectivity index (χ2n) is 5.39. The van der Waals surface area contributed by atoms with Gasteiger partial charge in [-0.25, -0.2) is 0 Å². The number of aryl methyl sites for hydroxylation is 1. The van der Waals surface area contributed by atoms with Crippen molar-refractivity contribution in [3.05, 3.63) is 66.6 Å². The highest BCUT2D eigenvalue weighted by atomic mass is 16.1. The SMILES string of the molecule is CC(NC(=O)CCn1ccc2ccccc21)c1cccnc1. The molecule has 0 saturated carbocycles. The zero-order valence-corrected chi connectivity index (χ0v) is 12.6.